The highest BCUT2D eigenvalue weighted by atomic mass is 32.1. The van der Waals surface area contributed by atoms with E-state index in [2.05, 4.69) is 15.4 Å². The average molecular weight is 453 g/mol. The average Bonchev–Trinajstić information content (AvgIpc) is 3.52. The molecule has 4 rings (SSSR count). The molecule has 1 aromatic carbocycles. The Morgan fingerprint density at radius 2 is 1.97 bits per heavy atom. The molecule has 0 saturated heterocycles. The lowest BCUT2D eigenvalue weighted by atomic mass is 10.2. The number of amides is 1. The number of hydrogen-bond acceptors (Lipinski definition) is 7. The highest BCUT2D eigenvalue weighted by Gasteiger charge is 2.14. The van der Waals surface area contributed by atoms with Crippen molar-refractivity contribution in [1.29, 1.82) is 0 Å². The van der Waals surface area contributed by atoms with E-state index in [1.807, 2.05) is 41.9 Å². The van der Waals surface area contributed by atoms with Crippen molar-refractivity contribution < 1.29 is 14.3 Å². The van der Waals surface area contributed by atoms with E-state index >= 15 is 0 Å². The van der Waals surface area contributed by atoms with Gasteiger partial charge in [0.05, 0.1) is 30.5 Å². The second kappa shape index (κ2) is 9.15. The summed E-state index contributed by atoms with van der Waals surface area (Å²) in [4.78, 5) is 18.3. The summed E-state index contributed by atoms with van der Waals surface area (Å²) in [5.41, 5.74) is 2.50. The van der Waals surface area contributed by atoms with Gasteiger partial charge in [0, 0.05) is 17.5 Å². The molecule has 7 nitrogen and oxygen atoms in total. The fourth-order valence-corrected chi connectivity index (χ4v) is 4.48. The molecule has 0 saturated carbocycles. The number of thiazole rings is 1. The molecule has 31 heavy (non-hydrogen) atoms. The van der Waals surface area contributed by atoms with Crippen LogP contribution in [0.25, 0.3) is 21.8 Å². The van der Waals surface area contributed by atoms with E-state index in [0.717, 1.165) is 21.8 Å². The number of aromatic nitrogens is 3. The van der Waals surface area contributed by atoms with Crippen molar-refractivity contribution in [3.63, 3.8) is 0 Å². The van der Waals surface area contributed by atoms with Crippen molar-refractivity contribution >= 4 is 40.5 Å². The Kier molecular flexibility index (Phi) is 6.15. The van der Waals surface area contributed by atoms with Crippen LogP contribution in [0.3, 0.4) is 0 Å². The Morgan fingerprint density at radius 3 is 2.71 bits per heavy atom. The fourth-order valence-electron chi connectivity index (χ4n) is 2.93. The first-order valence-electron chi connectivity index (χ1n) is 9.35. The van der Waals surface area contributed by atoms with E-state index in [-0.39, 0.29) is 5.91 Å². The van der Waals surface area contributed by atoms with Crippen LogP contribution in [-0.2, 0) is 4.79 Å². The first-order valence-corrected chi connectivity index (χ1v) is 11.1. The smallest absolute Gasteiger partial charge is 0.249 e. The van der Waals surface area contributed by atoms with E-state index in [0.29, 0.717) is 22.4 Å². The molecule has 0 bridgehead atoms. The van der Waals surface area contributed by atoms with Gasteiger partial charge >= 0.3 is 0 Å². The molecule has 0 spiro atoms. The molecule has 0 aliphatic carbocycles. The van der Waals surface area contributed by atoms with Crippen LogP contribution in [0.5, 0.6) is 11.5 Å². The molecule has 4 aromatic rings. The van der Waals surface area contributed by atoms with Crippen molar-refractivity contribution in [3.05, 3.63) is 64.5 Å². The number of carbonyl (C=O) groups is 1. The first-order chi connectivity index (χ1) is 15.1. The number of carbonyl (C=O) groups excluding carboxylic acids is 1. The molecule has 158 valence electrons. The van der Waals surface area contributed by atoms with Crippen LogP contribution in [0.1, 0.15) is 11.3 Å². The maximum atomic E-state index is 12.5. The summed E-state index contributed by atoms with van der Waals surface area (Å²) in [7, 11) is 3.15. The van der Waals surface area contributed by atoms with Gasteiger partial charge in [-0.15, -0.1) is 22.7 Å². The summed E-state index contributed by atoms with van der Waals surface area (Å²) < 4.78 is 12.2. The number of nitrogens with zero attached hydrogens (tertiary/aromatic N) is 3. The molecule has 0 atom stereocenters. The zero-order chi connectivity index (χ0) is 21.8. The molecule has 0 fully saturated rings. The first kappa shape index (κ1) is 20.8. The molecule has 0 radical (unpaired) electrons. The highest BCUT2D eigenvalue weighted by molar-refractivity contribution is 7.15. The third-order valence-corrected chi connectivity index (χ3v) is 6.07. The van der Waals surface area contributed by atoms with Crippen LogP contribution in [-0.4, -0.2) is 34.9 Å². The van der Waals surface area contributed by atoms with E-state index < -0.39 is 0 Å². The van der Waals surface area contributed by atoms with Gasteiger partial charge in [-0.05, 0) is 42.1 Å². The molecular weight excluding hydrogens is 432 g/mol. The van der Waals surface area contributed by atoms with Crippen molar-refractivity contribution in [3.8, 4) is 27.2 Å². The van der Waals surface area contributed by atoms with Gasteiger partial charge in [-0.1, -0.05) is 12.1 Å². The Hall–Kier alpha value is -3.43. The Labute approximate surface area is 187 Å². The maximum absolute atomic E-state index is 12.5. The highest BCUT2D eigenvalue weighted by Crippen LogP contribution is 2.30. The van der Waals surface area contributed by atoms with Crippen LogP contribution in [0.2, 0.25) is 0 Å². The molecule has 0 aliphatic heterocycles. The lowest BCUT2D eigenvalue weighted by molar-refractivity contribution is -0.111. The molecule has 0 unspecified atom stereocenters. The summed E-state index contributed by atoms with van der Waals surface area (Å²) >= 11 is 3.11. The van der Waals surface area contributed by atoms with Crippen molar-refractivity contribution in [2.24, 2.45) is 0 Å². The number of methoxy groups -OCH3 is 2. The quantitative estimate of drug-likeness (QED) is 0.398. The minimum atomic E-state index is -0.272. The number of anilines is 1. The number of aryl methyl sites for hydroxylation is 1. The van der Waals surface area contributed by atoms with Crippen molar-refractivity contribution in [2.75, 3.05) is 19.5 Å². The zero-order valence-electron chi connectivity index (χ0n) is 17.2. The predicted octanol–water partition coefficient (Wildman–Crippen LogP) is 5.03. The van der Waals surface area contributed by atoms with Crippen LogP contribution in [0.15, 0.2) is 53.2 Å². The van der Waals surface area contributed by atoms with Crippen molar-refractivity contribution in [2.45, 2.75) is 6.92 Å². The zero-order valence-corrected chi connectivity index (χ0v) is 18.8. The van der Waals surface area contributed by atoms with E-state index in [9.17, 15) is 4.79 Å². The maximum Gasteiger partial charge on any atom is 0.249 e. The number of thiophene rings is 1. The third kappa shape index (κ3) is 4.68. The number of nitrogens with one attached hydrogen (secondary N) is 1. The predicted molar refractivity (Wildman–Crippen MR) is 124 cm³/mol. The van der Waals surface area contributed by atoms with Crippen LogP contribution < -0.4 is 14.8 Å². The molecule has 0 aliphatic rings. The summed E-state index contributed by atoms with van der Waals surface area (Å²) in [5, 5.41) is 12.1. The number of hydrogen-bond donors (Lipinski definition) is 1. The van der Waals surface area contributed by atoms with E-state index in [4.69, 9.17) is 9.47 Å². The minimum absolute atomic E-state index is 0.272. The monoisotopic (exact) mass is 452 g/mol. The third-order valence-electron chi connectivity index (χ3n) is 4.36. The van der Waals surface area contributed by atoms with E-state index in [1.165, 1.54) is 17.4 Å². The number of rotatable bonds is 7. The van der Waals surface area contributed by atoms with Gasteiger partial charge in [0.2, 0.25) is 11.0 Å². The summed E-state index contributed by atoms with van der Waals surface area (Å²) in [6.45, 7) is 1.87. The van der Waals surface area contributed by atoms with Crippen molar-refractivity contribution in [1.82, 2.24) is 14.8 Å². The Bertz CT molecular complexity index is 1230. The topological polar surface area (TPSA) is 78.3 Å². The molecule has 3 aromatic heterocycles. The molecule has 1 amide bonds. The van der Waals surface area contributed by atoms with Gasteiger partial charge in [0.25, 0.3) is 0 Å². The minimum Gasteiger partial charge on any atom is -0.493 e. The second-order valence-corrected chi connectivity index (χ2v) is 8.30. The van der Waals surface area contributed by atoms with Gasteiger partial charge in [-0.3, -0.25) is 4.79 Å². The van der Waals surface area contributed by atoms with Crippen LogP contribution in [0.4, 0.5) is 5.82 Å². The largest absolute Gasteiger partial charge is 0.493 e. The Morgan fingerprint density at radius 1 is 1.13 bits per heavy atom. The molecule has 3 heterocycles. The fraction of sp³-hybridized carbons (Fsp3) is 0.136. The second-order valence-electron chi connectivity index (χ2n) is 6.51. The number of ether oxygens (including phenoxy) is 2. The summed E-state index contributed by atoms with van der Waals surface area (Å²) in [6.07, 6.45) is 3.18. The van der Waals surface area contributed by atoms with E-state index in [1.54, 1.807) is 48.4 Å². The normalized spacial score (nSPS) is 11.1. The lowest BCUT2D eigenvalue weighted by Gasteiger charge is -2.07. The van der Waals surface area contributed by atoms with Gasteiger partial charge in [0.1, 0.15) is 5.82 Å². The molecular formula is C22H20N4O3S2. The number of benzene rings is 1. The lowest BCUT2D eigenvalue weighted by Crippen LogP contribution is -2.12. The van der Waals surface area contributed by atoms with Crippen LogP contribution >= 0.6 is 22.7 Å². The van der Waals surface area contributed by atoms with Gasteiger partial charge < -0.3 is 14.8 Å². The Balaban J connectivity index is 1.51. The summed E-state index contributed by atoms with van der Waals surface area (Å²) in [5.74, 6) is 1.52. The van der Waals surface area contributed by atoms with Gasteiger partial charge in [-0.2, -0.15) is 9.78 Å². The van der Waals surface area contributed by atoms with Gasteiger partial charge in [0.15, 0.2) is 11.5 Å². The standard InChI is InChI=1S/C22H20N4O3S2/c1-14-11-20(26(25-14)22-23-16(13-31-22)19-5-4-10-30-19)24-21(27)9-7-15-6-8-17(28-2)18(12-15)29-3/h4-13H,1-3H3,(H,24,27)/b9-7+. The summed E-state index contributed by atoms with van der Waals surface area (Å²) in [6, 6.07) is 11.3. The van der Waals surface area contributed by atoms with Crippen LogP contribution in [0, 0.1) is 6.92 Å². The SMILES string of the molecule is COc1ccc(/C=C/C(=O)Nc2cc(C)nn2-c2nc(-c3cccs3)cs2)cc1OC. The molecule has 9 heteroatoms. The molecule has 1 N–H and O–H groups in total. The van der Waals surface area contributed by atoms with Gasteiger partial charge in [-0.25, -0.2) is 4.98 Å².